The molecular formula is C17H12ClN5O4. The molecule has 1 aromatic carbocycles. The number of nitrogens with zero attached hydrogens (tertiary/aromatic N) is 4. The summed E-state index contributed by atoms with van der Waals surface area (Å²) in [5.41, 5.74) is 0.362. The third-order valence-corrected chi connectivity index (χ3v) is 3.80. The lowest BCUT2D eigenvalue weighted by molar-refractivity contribution is -0.383. The number of pyridine rings is 1. The van der Waals surface area contributed by atoms with Gasteiger partial charge < -0.3 is 5.32 Å². The molecule has 3 aromatic rings. The number of amides is 1. The minimum Gasteiger partial charge on any atom is -0.319 e. The van der Waals surface area contributed by atoms with Crippen molar-refractivity contribution in [2.45, 2.75) is 6.54 Å². The summed E-state index contributed by atoms with van der Waals surface area (Å²) in [6.45, 7) is -0.415. The van der Waals surface area contributed by atoms with E-state index in [2.05, 4.69) is 15.4 Å². The van der Waals surface area contributed by atoms with Crippen LogP contribution in [-0.4, -0.2) is 25.6 Å². The van der Waals surface area contributed by atoms with Crippen molar-refractivity contribution in [2.24, 2.45) is 0 Å². The van der Waals surface area contributed by atoms with Gasteiger partial charge in [-0.1, -0.05) is 11.6 Å². The normalized spacial score (nSPS) is 10.4. The third kappa shape index (κ3) is 4.33. The van der Waals surface area contributed by atoms with E-state index in [1.807, 2.05) is 0 Å². The van der Waals surface area contributed by atoms with E-state index in [9.17, 15) is 19.7 Å². The number of hydrogen-bond donors (Lipinski definition) is 1. The molecule has 3 rings (SSSR count). The summed E-state index contributed by atoms with van der Waals surface area (Å²) in [5.74, 6) is -0.651. The standard InChI is InChI=1S/C17H12ClN5O4/c18-12-1-3-15(23(26)27)14(9-12)20-16(24)10-22-17(25)4-2-13(21-22)11-5-7-19-8-6-11/h1-9H,10H2,(H,20,24). The van der Waals surface area contributed by atoms with Crippen LogP contribution in [0.3, 0.4) is 0 Å². The van der Waals surface area contributed by atoms with Gasteiger partial charge in [0, 0.05) is 35.1 Å². The van der Waals surface area contributed by atoms with Crippen LogP contribution >= 0.6 is 11.6 Å². The molecule has 1 N–H and O–H groups in total. The zero-order valence-electron chi connectivity index (χ0n) is 13.7. The lowest BCUT2D eigenvalue weighted by Crippen LogP contribution is -2.29. The molecule has 10 heteroatoms. The van der Waals surface area contributed by atoms with E-state index in [1.54, 1.807) is 24.5 Å². The smallest absolute Gasteiger partial charge is 0.292 e. The number of hydrogen-bond acceptors (Lipinski definition) is 6. The fourth-order valence-corrected chi connectivity index (χ4v) is 2.50. The van der Waals surface area contributed by atoms with Crippen molar-refractivity contribution in [1.82, 2.24) is 14.8 Å². The van der Waals surface area contributed by atoms with Gasteiger partial charge in [0.1, 0.15) is 12.2 Å². The zero-order chi connectivity index (χ0) is 19.4. The number of nitrogens with one attached hydrogen (secondary N) is 1. The van der Waals surface area contributed by atoms with Crippen molar-refractivity contribution in [2.75, 3.05) is 5.32 Å². The Bertz CT molecular complexity index is 1070. The van der Waals surface area contributed by atoms with E-state index >= 15 is 0 Å². The Morgan fingerprint density at radius 1 is 1.19 bits per heavy atom. The average molecular weight is 386 g/mol. The number of aromatic nitrogens is 3. The molecule has 0 unspecified atom stereocenters. The number of benzene rings is 1. The number of carbonyl (C=O) groups excluding carboxylic acids is 1. The van der Waals surface area contributed by atoms with Gasteiger partial charge in [-0.25, -0.2) is 4.68 Å². The molecule has 2 heterocycles. The summed E-state index contributed by atoms with van der Waals surface area (Å²) < 4.78 is 0.974. The minimum atomic E-state index is -0.651. The monoisotopic (exact) mass is 385 g/mol. The Morgan fingerprint density at radius 3 is 2.63 bits per heavy atom. The van der Waals surface area contributed by atoms with Gasteiger partial charge in [0.25, 0.3) is 11.2 Å². The molecule has 0 saturated heterocycles. The summed E-state index contributed by atoms with van der Waals surface area (Å²) in [7, 11) is 0. The van der Waals surface area contributed by atoms with Crippen LogP contribution < -0.4 is 10.9 Å². The van der Waals surface area contributed by atoms with Gasteiger partial charge in [0.2, 0.25) is 5.91 Å². The topological polar surface area (TPSA) is 120 Å². The number of nitro benzene ring substituents is 1. The summed E-state index contributed by atoms with van der Waals surface area (Å²) in [6, 6.07) is 10.1. The highest BCUT2D eigenvalue weighted by Gasteiger charge is 2.17. The second kappa shape index (κ2) is 7.75. The molecule has 0 radical (unpaired) electrons. The van der Waals surface area contributed by atoms with Gasteiger partial charge in [0.15, 0.2) is 0 Å². The number of halogens is 1. The van der Waals surface area contributed by atoms with Crippen molar-refractivity contribution in [3.8, 4) is 11.3 Å². The van der Waals surface area contributed by atoms with Gasteiger partial charge >= 0.3 is 0 Å². The predicted molar refractivity (Wildman–Crippen MR) is 98.5 cm³/mol. The van der Waals surface area contributed by atoms with Crippen LogP contribution in [0, 0.1) is 10.1 Å². The Morgan fingerprint density at radius 2 is 1.93 bits per heavy atom. The van der Waals surface area contributed by atoms with Crippen molar-refractivity contribution in [1.29, 1.82) is 0 Å². The Hall–Kier alpha value is -3.59. The first-order valence-corrected chi connectivity index (χ1v) is 8.04. The molecule has 0 saturated carbocycles. The Kier molecular flexibility index (Phi) is 5.23. The molecule has 27 heavy (non-hydrogen) atoms. The van der Waals surface area contributed by atoms with Crippen LogP contribution in [0.4, 0.5) is 11.4 Å². The highest BCUT2D eigenvalue weighted by Crippen LogP contribution is 2.27. The van der Waals surface area contributed by atoms with Gasteiger partial charge in [-0.3, -0.25) is 24.7 Å². The molecule has 2 aromatic heterocycles. The van der Waals surface area contributed by atoms with Gasteiger partial charge in [-0.15, -0.1) is 0 Å². The molecule has 0 fully saturated rings. The molecule has 0 aliphatic heterocycles. The first-order chi connectivity index (χ1) is 12.9. The molecule has 0 bridgehead atoms. The van der Waals surface area contributed by atoms with Gasteiger partial charge in [0.05, 0.1) is 10.6 Å². The number of nitro groups is 1. The average Bonchev–Trinajstić information content (AvgIpc) is 2.64. The molecule has 136 valence electrons. The van der Waals surface area contributed by atoms with Crippen LogP contribution in [0.15, 0.2) is 59.7 Å². The van der Waals surface area contributed by atoms with E-state index in [-0.39, 0.29) is 16.4 Å². The van der Waals surface area contributed by atoms with Crippen molar-refractivity contribution in [3.63, 3.8) is 0 Å². The van der Waals surface area contributed by atoms with E-state index in [4.69, 9.17) is 11.6 Å². The van der Waals surface area contributed by atoms with E-state index in [0.717, 1.165) is 10.2 Å². The lowest BCUT2D eigenvalue weighted by atomic mass is 10.2. The minimum absolute atomic E-state index is 0.0594. The molecule has 0 spiro atoms. The maximum absolute atomic E-state index is 12.3. The summed E-state index contributed by atoms with van der Waals surface area (Å²) >= 11 is 5.83. The second-order valence-corrected chi connectivity index (χ2v) is 5.85. The maximum Gasteiger partial charge on any atom is 0.292 e. The van der Waals surface area contributed by atoms with Crippen molar-refractivity contribution < 1.29 is 9.72 Å². The van der Waals surface area contributed by atoms with E-state index < -0.39 is 22.9 Å². The SMILES string of the molecule is O=C(Cn1nc(-c2ccncc2)ccc1=O)Nc1cc(Cl)ccc1[N+](=O)[O-]. The van der Waals surface area contributed by atoms with Gasteiger partial charge in [-0.2, -0.15) is 5.10 Å². The largest absolute Gasteiger partial charge is 0.319 e. The zero-order valence-corrected chi connectivity index (χ0v) is 14.5. The van der Waals surface area contributed by atoms with Gasteiger partial charge in [-0.05, 0) is 30.3 Å². The van der Waals surface area contributed by atoms with Crippen LogP contribution in [0.2, 0.25) is 5.02 Å². The summed E-state index contributed by atoms with van der Waals surface area (Å²) in [6.07, 6.45) is 3.16. The van der Waals surface area contributed by atoms with Crippen molar-refractivity contribution >= 4 is 28.9 Å². The number of rotatable bonds is 5. The highest BCUT2D eigenvalue weighted by molar-refractivity contribution is 6.31. The predicted octanol–water partition coefficient (Wildman–Crippen LogP) is 2.51. The lowest BCUT2D eigenvalue weighted by Gasteiger charge is -2.09. The number of anilines is 1. The number of carbonyl (C=O) groups is 1. The first-order valence-electron chi connectivity index (χ1n) is 7.66. The third-order valence-electron chi connectivity index (χ3n) is 3.57. The van der Waals surface area contributed by atoms with E-state index in [1.165, 1.54) is 30.3 Å². The maximum atomic E-state index is 12.3. The molecular weight excluding hydrogens is 374 g/mol. The van der Waals surface area contributed by atoms with Crippen LogP contribution in [-0.2, 0) is 11.3 Å². The van der Waals surface area contributed by atoms with Crippen LogP contribution in [0.25, 0.3) is 11.3 Å². The molecule has 9 nitrogen and oxygen atoms in total. The fraction of sp³-hybridized carbons (Fsp3) is 0.0588. The summed E-state index contributed by atoms with van der Waals surface area (Å²) in [5, 5.41) is 17.8. The molecule has 1 amide bonds. The Labute approximate surface area is 157 Å². The first kappa shape index (κ1) is 18.2. The van der Waals surface area contributed by atoms with Crippen LogP contribution in [0.1, 0.15) is 0 Å². The second-order valence-electron chi connectivity index (χ2n) is 5.42. The van der Waals surface area contributed by atoms with Crippen LogP contribution in [0.5, 0.6) is 0 Å². The summed E-state index contributed by atoms with van der Waals surface area (Å²) in [4.78, 5) is 38.6. The Balaban J connectivity index is 1.84. The van der Waals surface area contributed by atoms with Crippen molar-refractivity contribution in [3.05, 3.63) is 80.3 Å². The molecule has 0 aliphatic rings. The quantitative estimate of drug-likeness (QED) is 0.532. The fourth-order valence-electron chi connectivity index (χ4n) is 2.33. The highest BCUT2D eigenvalue weighted by atomic mass is 35.5. The van der Waals surface area contributed by atoms with E-state index in [0.29, 0.717) is 5.69 Å². The molecule has 0 aliphatic carbocycles. The molecule has 0 atom stereocenters.